The second kappa shape index (κ2) is 7.17. The zero-order valence-electron chi connectivity index (χ0n) is 13.0. The van der Waals surface area contributed by atoms with E-state index in [0.29, 0.717) is 17.5 Å². The molecule has 1 aromatic rings. The molecule has 0 saturated heterocycles. The van der Waals surface area contributed by atoms with Crippen molar-refractivity contribution in [3.8, 4) is 0 Å². The Kier molecular flexibility index (Phi) is 5.76. The van der Waals surface area contributed by atoms with Crippen molar-refractivity contribution in [3.63, 3.8) is 0 Å². The van der Waals surface area contributed by atoms with Gasteiger partial charge in [-0.1, -0.05) is 0 Å². The third kappa shape index (κ3) is 4.25. The van der Waals surface area contributed by atoms with Gasteiger partial charge in [-0.15, -0.1) is 0 Å². The number of sulfonamides is 1. The minimum Gasteiger partial charge on any atom is -0.349 e. The molecule has 1 heterocycles. The highest BCUT2D eigenvalue weighted by Gasteiger charge is 2.24. The summed E-state index contributed by atoms with van der Waals surface area (Å²) in [5, 5.41) is 3.44. The van der Waals surface area contributed by atoms with E-state index in [4.69, 9.17) is 0 Å². The molecule has 0 spiro atoms. The molecular weight excluding hydrogens is 306 g/mol. The highest BCUT2D eigenvalue weighted by Crippen LogP contribution is 2.22. The van der Waals surface area contributed by atoms with Gasteiger partial charge in [0, 0.05) is 50.4 Å². The van der Waals surface area contributed by atoms with Gasteiger partial charge in [0.25, 0.3) is 0 Å². The summed E-state index contributed by atoms with van der Waals surface area (Å²) < 4.78 is 28.6. The Labute approximate surface area is 132 Å². The van der Waals surface area contributed by atoms with Gasteiger partial charge in [-0.2, -0.15) is 11.8 Å². The van der Waals surface area contributed by atoms with Crippen LogP contribution in [0.15, 0.2) is 17.2 Å². The van der Waals surface area contributed by atoms with Gasteiger partial charge >= 0.3 is 0 Å². The number of thioether (sulfide) groups is 1. The lowest BCUT2D eigenvalue weighted by atomic mass is 10.4. The number of aromatic nitrogens is 1. The van der Waals surface area contributed by atoms with Gasteiger partial charge in [-0.3, -0.25) is 0 Å². The molecule has 0 atom stereocenters. The fourth-order valence-corrected chi connectivity index (χ4v) is 3.97. The van der Waals surface area contributed by atoms with E-state index in [9.17, 15) is 8.42 Å². The second-order valence-corrected chi connectivity index (χ2v) is 8.46. The minimum atomic E-state index is -3.37. The normalized spacial score (nSPS) is 15.8. The number of rotatable bonds is 9. The van der Waals surface area contributed by atoms with Crippen molar-refractivity contribution in [1.29, 1.82) is 0 Å². The summed E-state index contributed by atoms with van der Waals surface area (Å²) in [5.74, 6) is 0.806. The van der Waals surface area contributed by atoms with Crippen molar-refractivity contribution in [2.24, 2.45) is 0 Å². The van der Waals surface area contributed by atoms with Gasteiger partial charge in [0.05, 0.1) is 0 Å². The van der Waals surface area contributed by atoms with Crippen LogP contribution in [0.2, 0.25) is 0 Å². The zero-order valence-corrected chi connectivity index (χ0v) is 14.6. The largest absolute Gasteiger partial charge is 0.349 e. The summed E-state index contributed by atoms with van der Waals surface area (Å²) in [6.07, 6.45) is 6.20. The van der Waals surface area contributed by atoms with Crippen molar-refractivity contribution >= 4 is 21.8 Å². The fraction of sp³-hybridized carbons (Fsp3) is 0.714. The quantitative estimate of drug-likeness (QED) is 0.749. The molecule has 5 nitrogen and oxygen atoms in total. The molecule has 0 aliphatic heterocycles. The summed E-state index contributed by atoms with van der Waals surface area (Å²) in [4.78, 5) is 0.403. The van der Waals surface area contributed by atoms with Crippen LogP contribution in [0.25, 0.3) is 0 Å². The standard InChI is InChI=1S/C14H25N3O2S2/c1-4-17-11-14(9-13(17)10-15-12-5-6-12)21(18,19)16(2)7-8-20-3/h9,11-12,15H,4-8,10H2,1-3H3. The van der Waals surface area contributed by atoms with Gasteiger partial charge in [-0.25, -0.2) is 12.7 Å². The molecule has 0 aromatic carbocycles. The second-order valence-electron chi connectivity index (χ2n) is 5.43. The van der Waals surface area contributed by atoms with E-state index in [1.165, 1.54) is 17.1 Å². The van der Waals surface area contributed by atoms with E-state index in [1.54, 1.807) is 25.0 Å². The molecule has 1 N–H and O–H groups in total. The number of hydrogen-bond donors (Lipinski definition) is 1. The first kappa shape index (κ1) is 16.9. The molecular formula is C14H25N3O2S2. The lowest BCUT2D eigenvalue weighted by Crippen LogP contribution is -2.28. The Hall–Kier alpha value is -0.500. The average Bonchev–Trinajstić information content (AvgIpc) is 3.20. The van der Waals surface area contributed by atoms with Crippen molar-refractivity contribution in [2.45, 2.75) is 43.8 Å². The van der Waals surface area contributed by atoms with Gasteiger partial charge in [0.15, 0.2) is 0 Å². The van der Waals surface area contributed by atoms with Crippen molar-refractivity contribution in [2.75, 3.05) is 25.6 Å². The fourth-order valence-electron chi connectivity index (χ4n) is 2.17. The third-order valence-corrected chi connectivity index (χ3v) is 6.18. The van der Waals surface area contributed by atoms with Crippen LogP contribution in [0.5, 0.6) is 0 Å². The molecule has 0 unspecified atom stereocenters. The van der Waals surface area contributed by atoms with Crippen LogP contribution in [-0.4, -0.2) is 48.9 Å². The minimum absolute atomic E-state index is 0.403. The molecule has 0 amide bonds. The van der Waals surface area contributed by atoms with Gasteiger partial charge in [0.2, 0.25) is 10.0 Å². The Bertz CT molecular complexity index is 565. The smallest absolute Gasteiger partial charge is 0.244 e. The maximum Gasteiger partial charge on any atom is 0.244 e. The van der Waals surface area contributed by atoms with Crippen molar-refractivity contribution in [1.82, 2.24) is 14.2 Å². The maximum atomic E-state index is 12.6. The summed E-state index contributed by atoms with van der Waals surface area (Å²) >= 11 is 1.65. The highest BCUT2D eigenvalue weighted by molar-refractivity contribution is 7.98. The number of hydrogen-bond acceptors (Lipinski definition) is 4. The molecule has 1 aromatic heterocycles. The summed E-state index contributed by atoms with van der Waals surface area (Å²) in [6.45, 7) is 4.10. The van der Waals surface area contributed by atoms with E-state index in [1.807, 2.05) is 23.8 Å². The lowest BCUT2D eigenvalue weighted by Gasteiger charge is -2.15. The monoisotopic (exact) mass is 331 g/mol. The van der Waals surface area contributed by atoms with Crippen LogP contribution in [0, 0.1) is 0 Å². The average molecular weight is 332 g/mol. The Morgan fingerprint density at radius 2 is 2.19 bits per heavy atom. The van der Waals surface area contributed by atoms with Gasteiger partial charge < -0.3 is 9.88 Å². The molecule has 0 bridgehead atoms. The first-order valence-electron chi connectivity index (χ1n) is 7.36. The van der Waals surface area contributed by atoms with E-state index in [-0.39, 0.29) is 0 Å². The molecule has 21 heavy (non-hydrogen) atoms. The topological polar surface area (TPSA) is 54.3 Å². The van der Waals surface area contributed by atoms with Crippen LogP contribution < -0.4 is 5.32 Å². The Morgan fingerprint density at radius 3 is 2.76 bits per heavy atom. The predicted octanol–water partition coefficient (Wildman–Crippen LogP) is 1.74. The van der Waals surface area contributed by atoms with E-state index in [0.717, 1.165) is 24.5 Å². The summed E-state index contributed by atoms with van der Waals surface area (Å²) in [6, 6.07) is 2.43. The first-order chi connectivity index (χ1) is 9.98. The molecule has 2 rings (SSSR count). The SMILES string of the molecule is CCn1cc(S(=O)(=O)N(C)CCSC)cc1CNC1CC1. The highest BCUT2D eigenvalue weighted by atomic mass is 32.2. The third-order valence-electron chi connectivity index (χ3n) is 3.77. The van der Waals surface area contributed by atoms with Gasteiger partial charge in [-0.05, 0) is 32.1 Å². The lowest BCUT2D eigenvalue weighted by molar-refractivity contribution is 0.488. The summed E-state index contributed by atoms with van der Waals surface area (Å²) in [5.41, 5.74) is 1.04. The van der Waals surface area contributed by atoms with Crippen LogP contribution in [0.1, 0.15) is 25.5 Å². The number of aryl methyl sites for hydroxylation is 1. The van der Waals surface area contributed by atoms with Crippen molar-refractivity contribution < 1.29 is 8.42 Å². The van der Waals surface area contributed by atoms with Crippen LogP contribution in [0.4, 0.5) is 0 Å². The molecule has 1 saturated carbocycles. The molecule has 1 aliphatic rings. The number of nitrogens with zero attached hydrogens (tertiary/aromatic N) is 2. The van der Waals surface area contributed by atoms with Crippen molar-refractivity contribution in [3.05, 3.63) is 18.0 Å². The predicted molar refractivity (Wildman–Crippen MR) is 88.2 cm³/mol. The summed E-state index contributed by atoms with van der Waals surface area (Å²) in [7, 11) is -1.72. The van der Waals surface area contributed by atoms with E-state index < -0.39 is 10.0 Å². The number of nitrogens with one attached hydrogen (secondary N) is 1. The van der Waals surface area contributed by atoms with Crippen LogP contribution >= 0.6 is 11.8 Å². The molecule has 0 radical (unpaired) electrons. The van der Waals surface area contributed by atoms with E-state index >= 15 is 0 Å². The van der Waals surface area contributed by atoms with Gasteiger partial charge in [0.1, 0.15) is 4.90 Å². The van der Waals surface area contributed by atoms with Crippen LogP contribution in [-0.2, 0) is 23.1 Å². The Morgan fingerprint density at radius 1 is 1.48 bits per heavy atom. The Balaban J connectivity index is 2.13. The molecule has 7 heteroatoms. The zero-order chi connectivity index (χ0) is 15.5. The molecule has 1 aliphatic carbocycles. The van der Waals surface area contributed by atoms with Crippen LogP contribution in [0.3, 0.4) is 0 Å². The maximum absolute atomic E-state index is 12.6. The van der Waals surface area contributed by atoms with E-state index in [2.05, 4.69) is 5.32 Å². The molecule has 120 valence electrons. The first-order valence-corrected chi connectivity index (χ1v) is 10.2. The molecule has 1 fully saturated rings.